The van der Waals surface area contributed by atoms with Crippen LogP contribution in [0.4, 0.5) is 5.69 Å². The van der Waals surface area contributed by atoms with Crippen LogP contribution < -0.4 is 14.8 Å². The van der Waals surface area contributed by atoms with Crippen LogP contribution in [0.3, 0.4) is 0 Å². The lowest BCUT2D eigenvalue weighted by molar-refractivity contribution is 0.174. The van der Waals surface area contributed by atoms with Gasteiger partial charge >= 0.3 is 0 Å². The lowest BCUT2D eigenvalue weighted by atomic mass is 10.1. The lowest BCUT2D eigenvalue weighted by Crippen LogP contribution is -2.15. The van der Waals surface area contributed by atoms with Crippen LogP contribution in [0.25, 0.3) is 0 Å². The first kappa shape index (κ1) is 13.8. The Morgan fingerprint density at radius 3 is 2.81 bits per heavy atom. The van der Waals surface area contributed by atoms with Gasteiger partial charge in [-0.3, -0.25) is 0 Å². The maximum absolute atomic E-state index is 5.42. The Bertz CT molecular complexity index is 624. The van der Waals surface area contributed by atoms with Crippen molar-refractivity contribution in [3.05, 3.63) is 53.6 Å². The van der Waals surface area contributed by atoms with Crippen molar-refractivity contribution >= 4 is 5.69 Å². The van der Waals surface area contributed by atoms with Gasteiger partial charge in [0.05, 0.1) is 0 Å². The van der Waals surface area contributed by atoms with Gasteiger partial charge in [-0.2, -0.15) is 0 Å². The highest BCUT2D eigenvalue weighted by Crippen LogP contribution is 2.32. The molecule has 21 heavy (non-hydrogen) atoms. The Morgan fingerprint density at radius 2 is 1.95 bits per heavy atom. The van der Waals surface area contributed by atoms with E-state index in [0.717, 1.165) is 24.3 Å². The number of fused-ring (bicyclic) bond motifs is 1. The van der Waals surface area contributed by atoms with Gasteiger partial charge in [-0.15, -0.1) is 0 Å². The molecule has 0 saturated heterocycles. The Balaban J connectivity index is 1.55. The number of ether oxygens (including phenoxy) is 2. The van der Waals surface area contributed by atoms with E-state index in [2.05, 4.69) is 55.6 Å². The topological polar surface area (TPSA) is 30.5 Å². The minimum Gasteiger partial charge on any atom is -0.454 e. The highest BCUT2D eigenvalue weighted by atomic mass is 16.7. The maximum atomic E-state index is 5.42. The van der Waals surface area contributed by atoms with Crippen molar-refractivity contribution in [3.8, 4) is 11.5 Å². The van der Waals surface area contributed by atoms with Gasteiger partial charge in [-0.05, 0) is 62.1 Å². The monoisotopic (exact) mass is 283 g/mol. The summed E-state index contributed by atoms with van der Waals surface area (Å²) >= 11 is 0. The molecule has 1 atom stereocenters. The quantitative estimate of drug-likeness (QED) is 0.894. The molecule has 0 aliphatic carbocycles. The van der Waals surface area contributed by atoms with Crippen LogP contribution in [0, 0.1) is 6.92 Å². The smallest absolute Gasteiger partial charge is 0.231 e. The summed E-state index contributed by atoms with van der Waals surface area (Å²) < 4.78 is 10.8. The van der Waals surface area contributed by atoms with Gasteiger partial charge in [0.2, 0.25) is 6.79 Å². The second-order valence-electron chi connectivity index (χ2n) is 5.64. The number of nitrogens with one attached hydrogen (secondary N) is 1. The van der Waals surface area contributed by atoms with Crippen LogP contribution in [0.5, 0.6) is 11.5 Å². The SMILES string of the molecule is Cc1cccc(NC(C)CCc2ccc3c(c2)OCO3)c1. The average Bonchev–Trinajstić information content (AvgIpc) is 2.92. The molecule has 1 unspecified atom stereocenters. The molecule has 0 aromatic heterocycles. The van der Waals surface area contributed by atoms with E-state index in [4.69, 9.17) is 9.47 Å². The van der Waals surface area contributed by atoms with Gasteiger partial charge in [0.25, 0.3) is 0 Å². The molecule has 2 aromatic carbocycles. The Hall–Kier alpha value is -2.16. The molecular formula is C18H21NO2. The number of anilines is 1. The second kappa shape index (κ2) is 6.08. The standard InChI is InChI=1S/C18H21NO2/c1-13-4-3-5-16(10-13)19-14(2)6-7-15-8-9-17-18(11-15)21-12-20-17/h3-5,8-11,14,19H,6-7,12H2,1-2H3. The van der Waals surface area contributed by atoms with E-state index in [1.54, 1.807) is 0 Å². The molecular weight excluding hydrogens is 262 g/mol. The molecule has 0 radical (unpaired) electrons. The van der Waals surface area contributed by atoms with E-state index in [1.807, 2.05) is 6.07 Å². The van der Waals surface area contributed by atoms with Gasteiger partial charge in [0.15, 0.2) is 11.5 Å². The third kappa shape index (κ3) is 3.48. The molecule has 3 nitrogen and oxygen atoms in total. The fourth-order valence-electron chi connectivity index (χ4n) is 2.57. The average molecular weight is 283 g/mol. The Kier molecular flexibility index (Phi) is 4.00. The predicted octanol–water partition coefficient (Wildman–Crippen LogP) is 4.16. The summed E-state index contributed by atoms with van der Waals surface area (Å²) in [4.78, 5) is 0. The normalized spacial score (nSPS) is 14.0. The molecule has 110 valence electrons. The molecule has 1 heterocycles. The highest BCUT2D eigenvalue weighted by molar-refractivity contribution is 5.46. The van der Waals surface area contributed by atoms with Crippen molar-refractivity contribution in [2.24, 2.45) is 0 Å². The minimum atomic E-state index is 0.337. The van der Waals surface area contributed by atoms with E-state index in [1.165, 1.54) is 16.8 Å². The predicted molar refractivity (Wildman–Crippen MR) is 85.1 cm³/mol. The summed E-state index contributed by atoms with van der Waals surface area (Å²) in [6, 6.07) is 15.1. The van der Waals surface area contributed by atoms with Crippen molar-refractivity contribution in [1.29, 1.82) is 0 Å². The molecule has 3 rings (SSSR count). The number of aryl methyl sites for hydroxylation is 2. The first-order valence-corrected chi connectivity index (χ1v) is 7.42. The molecule has 1 aliphatic rings. The largest absolute Gasteiger partial charge is 0.454 e. The van der Waals surface area contributed by atoms with Gasteiger partial charge in [-0.25, -0.2) is 0 Å². The van der Waals surface area contributed by atoms with Crippen LogP contribution >= 0.6 is 0 Å². The van der Waals surface area contributed by atoms with Gasteiger partial charge < -0.3 is 14.8 Å². The molecule has 0 amide bonds. The summed E-state index contributed by atoms with van der Waals surface area (Å²) in [6.07, 6.45) is 2.10. The fraction of sp³-hybridized carbons (Fsp3) is 0.333. The first-order valence-electron chi connectivity index (χ1n) is 7.42. The summed E-state index contributed by atoms with van der Waals surface area (Å²) in [5, 5.41) is 3.55. The third-order valence-corrected chi connectivity index (χ3v) is 3.73. The molecule has 0 spiro atoms. The van der Waals surface area contributed by atoms with Crippen molar-refractivity contribution in [3.63, 3.8) is 0 Å². The fourth-order valence-corrected chi connectivity index (χ4v) is 2.57. The molecule has 3 heteroatoms. The summed E-state index contributed by atoms with van der Waals surface area (Å²) in [5.74, 6) is 1.72. The van der Waals surface area contributed by atoms with Gasteiger partial charge in [0.1, 0.15) is 0 Å². The summed E-state index contributed by atoms with van der Waals surface area (Å²) in [7, 11) is 0. The number of benzene rings is 2. The molecule has 1 N–H and O–H groups in total. The molecule has 2 aromatic rings. The van der Waals surface area contributed by atoms with Crippen molar-refractivity contribution in [1.82, 2.24) is 0 Å². The molecule has 0 bridgehead atoms. The van der Waals surface area contributed by atoms with Crippen LogP contribution in [-0.4, -0.2) is 12.8 Å². The van der Waals surface area contributed by atoms with E-state index in [9.17, 15) is 0 Å². The number of hydrogen-bond acceptors (Lipinski definition) is 3. The molecule has 0 saturated carbocycles. The number of hydrogen-bond donors (Lipinski definition) is 1. The van der Waals surface area contributed by atoms with Gasteiger partial charge in [-0.1, -0.05) is 18.2 Å². The van der Waals surface area contributed by atoms with Crippen molar-refractivity contribution in [2.75, 3.05) is 12.1 Å². The van der Waals surface area contributed by atoms with Crippen LogP contribution in [-0.2, 0) is 6.42 Å². The number of rotatable bonds is 5. The van der Waals surface area contributed by atoms with Crippen molar-refractivity contribution < 1.29 is 9.47 Å². The Morgan fingerprint density at radius 1 is 1.10 bits per heavy atom. The summed E-state index contributed by atoms with van der Waals surface area (Å²) in [6.45, 7) is 4.67. The minimum absolute atomic E-state index is 0.337. The molecule has 1 aliphatic heterocycles. The second-order valence-corrected chi connectivity index (χ2v) is 5.64. The van der Waals surface area contributed by atoms with Crippen LogP contribution in [0.1, 0.15) is 24.5 Å². The maximum Gasteiger partial charge on any atom is 0.231 e. The van der Waals surface area contributed by atoms with E-state index < -0.39 is 0 Å². The lowest BCUT2D eigenvalue weighted by Gasteiger charge is -2.15. The highest BCUT2D eigenvalue weighted by Gasteiger charge is 2.13. The summed E-state index contributed by atoms with van der Waals surface area (Å²) in [5.41, 5.74) is 3.76. The van der Waals surface area contributed by atoms with E-state index in [-0.39, 0.29) is 0 Å². The van der Waals surface area contributed by atoms with Crippen molar-refractivity contribution in [2.45, 2.75) is 32.7 Å². The zero-order chi connectivity index (χ0) is 14.7. The zero-order valence-electron chi connectivity index (χ0n) is 12.6. The first-order chi connectivity index (χ1) is 10.2. The van der Waals surface area contributed by atoms with Crippen LogP contribution in [0.15, 0.2) is 42.5 Å². The zero-order valence-corrected chi connectivity index (χ0v) is 12.6. The van der Waals surface area contributed by atoms with Crippen LogP contribution in [0.2, 0.25) is 0 Å². The third-order valence-electron chi connectivity index (χ3n) is 3.73. The van der Waals surface area contributed by atoms with Gasteiger partial charge in [0, 0.05) is 11.7 Å². The Labute approximate surface area is 125 Å². The molecule has 0 fully saturated rings. The van der Waals surface area contributed by atoms with E-state index >= 15 is 0 Å². The van der Waals surface area contributed by atoms with E-state index in [0.29, 0.717) is 12.8 Å².